The van der Waals surface area contributed by atoms with Crippen molar-refractivity contribution in [2.75, 3.05) is 20.7 Å². The van der Waals surface area contributed by atoms with Crippen molar-refractivity contribution < 1.29 is 9.13 Å². The number of halogens is 1. The number of methoxy groups -OCH3 is 1. The summed E-state index contributed by atoms with van der Waals surface area (Å²) in [5.74, 6) is 0.603. The molecule has 2 rings (SSSR count). The quantitative estimate of drug-likeness (QED) is 0.888. The zero-order valence-corrected chi connectivity index (χ0v) is 12.4. The highest BCUT2D eigenvalue weighted by molar-refractivity contribution is 5.31. The maximum Gasteiger partial charge on any atom is 0.123 e. The molecule has 112 valence electrons. The van der Waals surface area contributed by atoms with E-state index >= 15 is 0 Å². The van der Waals surface area contributed by atoms with Gasteiger partial charge in [0, 0.05) is 19.1 Å². The lowest BCUT2D eigenvalue weighted by atomic mass is 10.0. The number of ether oxygens (including phenoxy) is 1. The van der Waals surface area contributed by atoms with Gasteiger partial charge in [-0.15, -0.1) is 0 Å². The molecule has 0 saturated heterocycles. The van der Waals surface area contributed by atoms with E-state index in [1.807, 2.05) is 31.3 Å². The van der Waals surface area contributed by atoms with Gasteiger partial charge in [0.1, 0.15) is 11.6 Å². The standard InChI is InChI=1S/C17H21FN2O/c1-20(12-13-6-8-15(18)9-7-13)17(11-19)14-4-3-5-16(10-14)21-2/h3-10,17H,11-12,19H2,1-2H3. The average molecular weight is 288 g/mol. The molecule has 0 aliphatic rings. The molecular formula is C17H21FN2O. The summed E-state index contributed by atoms with van der Waals surface area (Å²) in [7, 11) is 3.67. The van der Waals surface area contributed by atoms with Crippen LogP contribution in [0.5, 0.6) is 5.75 Å². The third-order valence-electron chi connectivity index (χ3n) is 3.58. The van der Waals surface area contributed by atoms with Gasteiger partial charge in [-0.3, -0.25) is 4.90 Å². The van der Waals surface area contributed by atoms with Crippen LogP contribution in [0.1, 0.15) is 17.2 Å². The molecule has 1 atom stereocenters. The van der Waals surface area contributed by atoms with E-state index in [1.165, 1.54) is 12.1 Å². The topological polar surface area (TPSA) is 38.5 Å². The lowest BCUT2D eigenvalue weighted by Gasteiger charge is -2.27. The second-order valence-corrected chi connectivity index (χ2v) is 5.07. The first kappa shape index (κ1) is 15.5. The van der Waals surface area contributed by atoms with Crippen LogP contribution in [0.15, 0.2) is 48.5 Å². The predicted octanol–water partition coefficient (Wildman–Crippen LogP) is 2.97. The maximum absolute atomic E-state index is 12.9. The minimum absolute atomic E-state index is 0.0881. The molecule has 21 heavy (non-hydrogen) atoms. The van der Waals surface area contributed by atoms with Gasteiger partial charge in [0.25, 0.3) is 0 Å². The van der Waals surface area contributed by atoms with Gasteiger partial charge in [-0.1, -0.05) is 24.3 Å². The second kappa shape index (κ2) is 7.20. The molecule has 0 radical (unpaired) electrons. The Morgan fingerprint density at radius 1 is 1.19 bits per heavy atom. The summed E-state index contributed by atoms with van der Waals surface area (Å²) in [5, 5.41) is 0. The molecule has 0 spiro atoms. The summed E-state index contributed by atoms with van der Waals surface area (Å²) < 4.78 is 18.2. The fourth-order valence-corrected chi connectivity index (χ4v) is 2.41. The van der Waals surface area contributed by atoms with Crippen molar-refractivity contribution in [3.8, 4) is 5.75 Å². The van der Waals surface area contributed by atoms with Crippen molar-refractivity contribution in [1.82, 2.24) is 4.90 Å². The van der Waals surface area contributed by atoms with Gasteiger partial charge >= 0.3 is 0 Å². The van der Waals surface area contributed by atoms with Crippen LogP contribution in [-0.4, -0.2) is 25.6 Å². The van der Waals surface area contributed by atoms with Crippen LogP contribution in [0.4, 0.5) is 4.39 Å². The van der Waals surface area contributed by atoms with Gasteiger partial charge in [0.15, 0.2) is 0 Å². The summed E-state index contributed by atoms with van der Waals surface area (Å²) in [4.78, 5) is 2.15. The van der Waals surface area contributed by atoms with Crippen LogP contribution >= 0.6 is 0 Å². The summed E-state index contributed by atoms with van der Waals surface area (Å²) in [6.45, 7) is 1.21. The SMILES string of the molecule is COc1cccc(C(CN)N(C)Cc2ccc(F)cc2)c1. The largest absolute Gasteiger partial charge is 0.497 e. The predicted molar refractivity (Wildman–Crippen MR) is 82.7 cm³/mol. The van der Waals surface area contributed by atoms with E-state index in [0.29, 0.717) is 13.1 Å². The number of hydrogen-bond donors (Lipinski definition) is 1. The molecule has 4 heteroatoms. The highest BCUT2D eigenvalue weighted by Gasteiger charge is 2.16. The highest BCUT2D eigenvalue weighted by atomic mass is 19.1. The maximum atomic E-state index is 12.9. The van der Waals surface area contributed by atoms with Gasteiger partial charge in [0.2, 0.25) is 0 Å². The Morgan fingerprint density at radius 3 is 2.52 bits per heavy atom. The first-order valence-corrected chi connectivity index (χ1v) is 6.92. The molecule has 2 aromatic carbocycles. The lowest BCUT2D eigenvalue weighted by molar-refractivity contribution is 0.241. The van der Waals surface area contributed by atoms with Crippen molar-refractivity contribution in [3.05, 3.63) is 65.5 Å². The van der Waals surface area contributed by atoms with Crippen LogP contribution in [0.25, 0.3) is 0 Å². The monoisotopic (exact) mass is 288 g/mol. The van der Waals surface area contributed by atoms with E-state index in [4.69, 9.17) is 10.5 Å². The fourth-order valence-electron chi connectivity index (χ4n) is 2.41. The smallest absolute Gasteiger partial charge is 0.123 e. The van der Waals surface area contributed by atoms with Crippen molar-refractivity contribution in [3.63, 3.8) is 0 Å². The van der Waals surface area contributed by atoms with Crippen LogP contribution < -0.4 is 10.5 Å². The van der Waals surface area contributed by atoms with Gasteiger partial charge in [0.05, 0.1) is 7.11 Å². The number of benzene rings is 2. The molecule has 0 amide bonds. The van der Waals surface area contributed by atoms with E-state index < -0.39 is 0 Å². The molecule has 1 unspecified atom stereocenters. The Hall–Kier alpha value is -1.91. The molecule has 3 nitrogen and oxygen atoms in total. The Balaban J connectivity index is 2.13. The van der Waals surface area contributed by atoms with Crippen molar-refractivity contribution in [1.29, 1.82) is 0 Å². The number of likely N-dealkylation sites (N-methyl/N-ethyl adjacent to an activating group) is 1. The van der Waals surface area contributed by atoms with E-state index in [1.54, 1.807) is 19.2 Å². The molecule has 2 aromatic rings. The number of hydrogen-bond acceptors (Lipinski definition) is 3. The molecule has 0 heterocycles. The molecule has 0 saturated carbocycles. The van der Waals surface area contributed by atoms with Gasteiger partial charge in [-0.2, -0.15) is 0 Å². The van der Waals surface area contributed by atoms with Crippen LogP contribution in [0.2, 0.25) is 0 Å². The third-order valence-corrected chi connectivity index (χ3v) is 3.58. The van der Waals surface area contributed by atoms with Crippen molar-refractivity contribution in [2.24, 2.45) is 5.73 Å². The normalized spacial score (nSPS) is 12.4. The van der Waals surface area contributed by atoms with Gasteiger partial charge in [-0.25, -0.2) is 4.39 Å². The molecule has 2 N–H and O–H groups in total. The van der Waals surface area contributed by atoms with Crippen LogP contribution in [-0.2, 0) is 6.54 Å². The minimum Gasteiger partial charge on any atom is -0.497 e. The average Bonchev–Trinajstić information content (AvgIpc) is 2.50. The zero-order valence-electron chi connectivity index (χ0n) is 12.4. The van der Waals surface area contributed by atoms with E-state index in [-0.39, 0.29) is 11.9 Å². The Labute approximate surface area is 125 Å². The minimum atomic E-state index is -0.218. The Kier molecular flexibility index (Phi) is 5.31. The second-order valence-electron chi connectivity index (χ2n) is 5.07. The summed E-state index contributed by atoms with van der Waals surface area (Å²) in [6.07, 6.45) is 0. The fraction of sp³-hybridized carbons (Fsp3) is 0.294. The molecule has 0 bridgehead atoms. The Morgan fingerprint density at radius 2 is 1.90 bits per heavy atom. The van der Waals surface area contributed by atoms with Gasteiger partial charge < -0.3 is 10.5 Å². The summed E-state index contributed by atoms with van der Waals surface area (Å²) >= 11 is 0. The lowest BCUT2D eigenvalue weighted by Crippen LogP contribution is -2.30. The molecular weight excluding hydrogens is 267 g/mol. The first-order chi connectivity index (χ1) is 10.1. The third kappa shape index (κ3) is 4.03. The van der Waals surface area contributed by atoms with E-state index in [0.717, 1.165) is 16.9 Å². The highest BCUT2D eigenvalue weighted by Crippen LogP contribution is 2.24. The van der Waals surface area contributed by atoms with Crippen molar-refractivity contribution in [2.45, 2.75) is 12.6 Å². The van der Waals surface area contributed by atoms with Crippen molar-refractivity contribution >= 4 is 0 Å². The molecule has 0 aliphatic carbocycles. The summed E-state index contributed by atoms with van der Waals surface area (Å²) in [5.41, 5.74) is 8.10. The number of nitrogens with zero attached hydrogens (tertiary/aromatic N) is 1. The number of rotatable bonds is 6. The molecule has 0 aliphatic heterocycles. The Bertz CT molecular complexity index is 571. The molecule has 0 aromatic heterocycles. The zero-order chi connectivity index (χ0) is 15.2. The van der Waals surface area contributed by atoms with Crippen LogP contribution in [0.3, 0.4) is 0 Å². The van der Waals surface area contributed by atoms with Crippen LogP contribution in [0, 0.1) is 5.82 Å². The number of nitrogens with two attached hydrogens (primary N) is 1. The van der Waals surface area contributed by atoms with E-state index in [2.05, 4.69) is 4.90 Å². The first-order valence-electron chi connectivity index (χ1n) is 6.92. The summed E-state index contributed by atoms with van der Waals surface area (Å²) in [6, 6.07) is 14.6. The molecule has 0 fully saturated rings. The van der Waals surface area contributed by atoms with E-state index in [9.17, 15) is 4.39 Å². The van der Waals surface area contributed by atoms with Gasteiger partial charge in [-0.05, 0) is 42.4 Å².